The number of carbonyl (C=O) groups excluding carboxylic acids is 1. The number of allylic oxidation sites excluding steroid dienone is 1. The smallest absolute Gasteiger partial charge is 0.246 e. The summed E-state index contributed by atoms with van der Waals surface area (Å²) in [6.07, 6.45) is 13.9. The number of piperidine rings is 1. The van der Waals surface area contributed by atoms with E-state index in [9.17, 15) is 4.79 Å². The average Bonchev–Trinajstić information content (AvgIpc) is 2.73. The molecule has 3 heteroatoms. The van der Waals surface area contributed by atoms with Gasteiger partial charge in [0.25, 0.3) is 0 Å². The third-order valence-corrected chi connectivity index (χ3v) is 6.55. The van der Waals surface area contributed by atoms with Gasteiger partial charge in [0.2, 0.25) is 5.91 Å². The fraction of sp³-hybridized carbons (Fsp3) is 0.640. The van der Waals surface area contributed by atoms with Crippen LogP contribution in [0.1, 0.15) is 84.1 Å². The lowest BCUT2D eigenvalue weighted by Gasteiger charge is -2.54. The highest BCUT2D eigenvalue weighted by atomic mass is 16.2. The maximum atomic E-state index is 13.2. The summed E-state index contributed by atoms with van der Waals surface area (Å²) >= 11 is 0. The van der Waals surface area contributed by atoms with Gasteiger partial charge in [-0.05, 0) is 43.7 Å². The first-order valence-corrected chi connectivity index (χ1v) is 11.4. The van der Waals surface area contributed by atoms with Crippen molar-refractivity contribution in [2.24, 2.45) is 11.7 Å². The van der Waals surface area contributed by atoms with Gasteiger partial charge in [0, 0.05) is 18.5 Å². The predicted molar refractivity (Wildman–Crippen MR) is 119 cm³/mol. The van der Waals surface area contributed by atoms with E-state index in [1.807, 2.05) is 12.1 Å². The van der Waals surface area contributed by atoms with Crippen LogP contribution in [0.25, 0.3) is 0 Å². The van der Waals surface area contributed by atoms with E-state index in [0.717, 1.165) is 32.2 Å². The fourth-order valence-electron chi connectivity index (χ4n) is 5.07. The molecule has 3 unspecified atom stereocenters. The number of likely N-dealkylation sites (tertiary alicyclic amines) is 1. The standard InChI is InChI=1S/C25H40N2O/c1-4-7-8-9-10-11-15-18-24(28)27-20-19-23(26)22(5-2)25(27,6-3)21-16-13-12-14-17-21/h12-18,22-23H,4-11,19-20,26H2,1-3H3/b18-15+. The molecule has 0 spiro atoms. The molecule has 1 aliphatic rings. The molecule has 0 saturated carbocycles. The van der Waals surface area contributed by atoms with Crippen molar-refractivity contribution in [1.82, 2.24) is 4.90 Å². The summed E-state index contributed by atoms with van der Waals surface area (Å²) in [5.41, 5.74) is 7.48. The Kier molecular flexibility index (Phi) is 9.24. The number of benzene rings is 1. The first-order chi connectivity index (χ1) is 13.6. The maximum absolute atomic E-state index is 13.2. The third-order valence-electron chi connectivity index (χ3n) is 6.55. The lowest BCUT2D eigenvalue weighted by Crippen LogP contribution is -2.62. The quantitative estimate of drug-likeness (QED) is 0.410. The highest BCUT2D eigenvalue weighted by molar-refractivity contribution is 5.88. The number of hydrogen-bond donors (Lipinski definition) is 1. The van der Waals surface area contributed by atoms with Gasteiger partial charge in [0.05, 0.1) is 5.54 Å². The number of carbonyl (C=O) groups is 1. The molecule has 1 aromatic carbocycles. The SMILES string of the molecule is CCCCCCC/C=C/C(=O)N1CCC(N)C(CC)C1(CC)c1ccccc1. The molecule has 1 amide bonds. The van der Waals surface area contributed by atoms with Crippen LogP contribution in [0.3, 0.4) is 0 Å². The fourth-order valence-corrected chi connectivity index (χ4v) is 5.07. The minimum atomic E-state index is -0.309. The zero-order valence-electron chi connectivity index (χ0n) is 18.2. The summed E-state index contributed by atoms with van der Waals surface area (Å²) in [6, 6.07) is 10.7. The van der Waals surface area contributed by atoms with Crippen molar-refractivity contribution in [3.05, 3.63) is 48.0 Å². The molecule has 0 bridgehead atoms. The molecular weight excluding hydrogens is 344 g/mol. The second kappa shape index (κ2) is 11.4. The van der Waals surface area contributed by atoms with Gasteiger partial charge in [-0.3, -0.25) is 4.79 Å². The number of rotatable bonds is 10. The second-order valence-electron chi connectivity index (χ2n) is 8.21. The number of unbranched alkanes of at least 4 members (excludes halogenated alkanes) is 5. The Balaban J connectivity index is 2.19. The lowest BCUT2D eigenvalue weighted by molar-refractivity contribution is -0.140. The van der Waals surface area contributed by atoms with Crippen molar-refractivity contribution in [2.75, 3.05) is 6.54 Å². The minimum Gasteiger partial charge on any atom is -0.329 e. The van der Waals surface area contributed by atoms with Crippen LogP contribution >= 0.6 is 0 Å². The molecule has 1 heterocycles. The lowest BCUT2D eigenvalue weighted by atomic mass is 9.67. The molecular formula is C25H40N2O. The van der Waals surface area contributed by atoms with Crippen molar-refractivity contribution < 1.29 is 4.79 Å². The van der Waals surface area contributed by atoms with E-state index in [-0.39, 0.29) is 23.4 Å². The highest BCUT2D eigenvalue weighted by Gasteiger charge is 2.49. The van der Waals surface area contributed by atoms with E-state index >= 15 is 0 Å². The predicted octanol–water partition coefficient (Wildman–Crippen LogP) is 5.79. The van der Waals surface area contributed by atoms with Gasteiger partial charge >= 0.3 is 0 Å². The number of amides is 1. The van der Waals surface area contributed by atoms with E-state index in [1.54, 1.807) is 0 Å². The molecule has 0 aliphatic carbocycles. The molecule has 28 heavy (non-hydrogen) atoms. The molecule has 0 radical (unpaired) electrons. The Morgan fingerprint density at radius 1 is 1.14 bits per heavy atom. The zero-order chi connectivity index (χ0) is 20.4. The Morgan fingerprint density at radius 3 is 2.50 bits per heavy atom. The first-order valence-electron chi connectivity index (χ1n) is 11.4. The van der Waals surface area contributed by atoms with E-state index in [1.165, 1.54) is 37.7 Å². The van der Waals surface area contributed by atoms with Gasteiger partial charge in [0.1, 0.15) is 0 Å². The maximum Gasteiger partial charge on any atom is 0.246 e. The highest BCUT2D eigenvalue weighted by Crippen LogP contribution is 2.46. The van der Waals surface area contributed by atoms with Gasteiger partial charge in [-0.1, -0.05) is 82.9 Å². The number of nitrogens with two attached hydrogens (primary N) is 1. The van der Waals surface area contributed by atoms with Crippen molar-refractivity contribution >= 4 is 5.91 Å². The summed E-state index contributed by atoms with van der Waals surface area (Å²) in [5.74, 6) is 0.421. The molecule has 1 fully saturated rings. The first kappa shape index (κ1) is 22.7. The van der Waals surface area contributed by atoms with Crippen LogP contribution in [-0.2, 0) is 10.3 Å². The number of hydrogen-bond acceptors (Lipinski definition) is 2. The molecule has 3 nitrogen and oxygen atoms in total. The van der Waals surface area contributed by atoms with E-state index in [4.69, 9.17) is 5.73 Å². The third kappa shape index (κ3) is 5.05. The van der Waals surface area contributed by atoms with Crippen LogP contribution in [0.2, 0.25) is 0 Å². The van der Waals surface area contributed by atoms with Crippen molar-refractivity contribution in [3.8, 4) is 0 Å². The van der Waals surface area contributed by atoms with Crippen molar-refractivity contribution in [3.63, 3.8) is 0 Å². The molecule has 2 N–H and O–H groups in total. The largest absolute Gasteiger partial charge is 0.329 e. The van der Waals surface area contributed by atoms with E-state index < -0.39 is 0 Å². The summed E-state index contributed by atoms with van der Waals surface area (Å²) in [4.78, 5) is 15.4. The second-order valence-corrected chi connectivity index (χ2v) is 8.21. The average molecular weight is 385 g/mol. The zero-order valence-corrected chi connectivity index (χ0v) is 18.2. The van der Waals surface area contributed by atoms with Gasteiger partial charge in [0.15, 0.2) is 0 Å². The molecule has 3 atom stereocenters. The molecule has 0 aromatic heterocycles. The van der Waals surface area contributed by atoms with Crippen LogP contribution in [0, 0.1) is 5.92 Å². The van der Waals surface area contributed by atoms with Gasteiger partial charge in [-0.2, -0.15) is 0 Å². The van der Waals surface area contributed by atoms with Crippen molar-refractivity contribution in [1.29, 1.82) is 0 Å². The van der Waals surface area contributed by atoms with Crippen LogP contribution in [-0.4, -0.2) is 23.4 Å². The Hall–Kier alpha value is -1.61. The Morgan fingerprint density at radius 2 is 1.86 bits per heavy atom. The normalized spacial score (nSPS) is 25.4. The monoisotopic (exact) mass is 384 g/mol. The summed E-state index contributed by atoms with van der Waals surface area (Å²) < 4.78 is 0. The van der Waals surface area contributed by atoms with E-state index in [2.05, 4.69) is 56.0 Å². The summed E-state index contributed by atoms with van der Waals surface area (Å²) in [5, 5.41) is 0. The van der Waals surface area contributed by atoms with E-state index in [0.29, 0.717) is 0 Å². The van der Waals surface area contributed by atoms with Crippen LogP contribution < -0.4 is 5.73 Å². The van der Waals surface area contributed by atoms with Crippen LogP contribution in [0.5, 0.6) is 0 Å². The molecule has 1 aromatic rings. The summed E-state index contributed by atoms with van der Waals surface area (Å²) in [6.45, 7) is 7.38. The number of nitrogens with zero attached hydrogens (tertiary/aromatic N) is 1. The van der Waals surface area contributed by atoms with Crippen molar-refractivity contribution in [2.45, 2.75) is 90.1 Å². The molecule has 1 saturated heterocycles. The molecule has 156 valence electrons. The van der Waals surface area contributed by atoms with Crippen LogP contribution in [0.4, 0.5) is 0 Å². The van der Waals surface area contributed by atoms with Gasteiger partial charge in [-0.15, -0.1) is 0 Å². The van der Waals surface area contributed by atoms with Gasteiger partial charge in [-0.25, -0.2) is 0 Å². The Bertz CT molecular complexity index is 612. The van der Waals surface area contributed by atoms with Gasteiger partial charge < -0.3 is 10.6 Å². The summed E-state index contributed by atoms with van der Waals surface area (Å²) in [7, 11) is 0. The Labute approximate surface area is 172 Å². The van der Waals surface area contributed by atoms with Crippen LogP contribution in [0.15, 0.2) is 42.5 Å². The molecule has 1 aliphatic heterocycles. The minimum absolute atomic E-state index is 0.136. The topological polar surface area (TPSA) is 46.3 Å². The molecule has 2 rings (SSSR count).